The highest BCUT2D eigenvalue weighted by Crippen LogP contribution is 2.32. The third-order valence-corrected chi connectivity index (χ3v) is 5.74. The largest absolute Gasteiger partial charge is 0.497 e. The van der Waals surface area contributed by atoms with E-state index in [0.29, 0.717) is 36.7 Å². The number of rotatable bonds is 6. The standard InChI is InChI=1S/C24H30N2O4/c1-17-6-8-18(9-7-17)15-25-23(28)24(2)12-5-13-26(16-24)22(27)20-11-10-19(29-3)14-21(20)30-4/h6-11,14H,5,12-13,15-16H2,1-4H3,(H,25,28)/t24-/m1/s1. The molecule has 1 heterocycles. The Morgan fingerprint density at radius 1 is 1.10 bits per heavy atom. The van der Waals surface area contributed by atoms with E-state index in [9.17, 15) is 9.59 Å². The minimum Gasteiger partial charge on any atom is -0.497 e. The molecule has 0 radical (unpaired) electrons. The molecule has 0 spiro atoms. The van der Waals surface area contributed by atoms with Gasteiger partial charge in [-0.2, -0.15) is 0 Å². The second-order valence-corrected chi connectivity index (χ2v) is 8.13. The first kappa shape index (κ1) is 21.7. The van der Waals surface area contributed by atoms with E-state index < -0.39 is 5.41 Å². The van der Waals surface area contributed by atoms with E-state index in [2.05, 4.69) is 5.32 Å². The van der Waals surface area contributed by atoms with Crippen LogP contribution in [0.5, 0.6) is 11.5 Å². The number of nitrogens with one attached hydrogen (secondary N) is 1. The van der Waals surface area contributed by atoms with E-state index in [0.717, 1.165) is 18.4 Å². The number of amides is 2. The molecule has 1 aliphatic heterocycles. The van der Waals surface area contributed by atoms with Crippen LogP contribution in [0.25, 0.3) is 0 Å². The first-order valence-corrected chi connectivity index (χ1v) is 10.2. The fraction of sp³-hybridized carbons (Fsp3) is 0.417. The van der Waals surface area contributed by atoms with Crippen LogP contribution in [0.2, 0.25) is 0 Å². The van der Waals surface area contributed by atoms with Crippen LogP contribution in [0, 0.1) is 12.3 Å². The predicted molar refractivity (Wildman–Crippen MR) is 116 cm³/mol. The van der Waals surface area contributed by atoms with E-state index in [1.165, 1.54) is 12.7 Å². The van der Waals surface area contributed by atoms with Crippen LogP contribution in [0.1, 0.15) is 41.3 Å². The van der Waals surface area contributed by atoms with Crippen molar-refractivity contribution >= 4 is 11.8 Å². The van der Waals surface area contributed by atoms with Crippen LogP contribution in [-0.2, 0) is 11.3 Å². The Kier molecular flexibility index (Phi) is 6.65. The summed E-state index contributed by atoms with van der Waals surface area (Å²) in [6, 6.07) is 13.3. The number of piperidine rings is 1. The van der Waals surface area contributed by atoms with Crippen molar-refractivity contribution in [3.63, 3.8) is 0 Å². The number of likely N-dealkylation sites (tertiary alicyclic amines) is 1. The highest BCUT2D eigenvalue weighted by Gasteiger charge is 2.39. The molecule has 2 aromatic rings. The zero-order valence-electron chi connectivity index (χ0n) is 18.2. The fourth-order valence-electron chi connectivity index (χ4n) is 3.85. The molecule has 0 saturated carbocycles. The second-order valence-electron chi connectivity index (χ2n) is 8.13. The maximum atomic E-state index is 13.2. The van der Waals surface area contributed by atoms with Crippen LogP contribution in [0.3, 0.4) is 0 Å². The molecule has 3 rings (SSSR count). The van der Waals surface area contributed by atoms with Crippen molar-refractivity contribution in [2.24, 2.45) is 5.41 Å². The number of ether oxygens (including phenoxy) is 2. The summed E-state index contributed by atoms with van der Waals surface area (Å²) in [7, 11) is 3.10. The van der Waals surface area contributed by atoms with Crippen molar-refractivity contribution in [2.45, 2.75) is 33.2 Å². The van der Waals surface area contributed by atoms with Gasteiger partial charge < -0.3 is 19.7 Å². The Morgan fingerprint density at radius 2 is 1.83 bits per heavy atom. The molecule has 1 N–H and O–H groups in total. The van der Waals surface area contributed by atoms with E-state index in [-0.39, 0.29) is 11.8 Å². The molecular weight excluding hydrogens is 380 g/mol. The van der Waals surface area contributed by atoms with Gasteiger partial charge in [-0.25, -0.2) is 0 Å². The van der Waals surface area contributed by atoms with Crippen LogP contribution in [0.15, 0.2) is 42.5 Å². The van der Waals surface area contributed by atoms with Gasteiger partial charge in [0.2, 0.25) is 5.91 Å². The van der Waals surface area contributed by atoms with E-state index in [1.807, 2.05) is 38.1 Å². The summed E-state index contributed by atoms with van der Waals surface area (Å²) >= 11 is 0. The third kappa shape index (κ3) is 4.75. The summed E-state index contributed by atoms with van der Waals surface area (Å²) in [6.45, 7) is 5.45. The van der Waals surface area contributed by atoms with E-state index >= 15 is 0 Å². The van der Waals surface area contributed by atoms with Crippen molar-refractivity contribution in [1.29, 1.82) is 0 Å². The average molecular weight is 411 g/mol. The lowest BCUT2D eigenvalue weighted by Gasteiger charge is -2.39. The van der Waals surface area contributed by atoms with Crippen LogP contribution < -0.4 is 14.8 Å². The Labute approximate surface area is 178 Å². The molecule has 1 saturated heterocycles. The monoisotopic (exact) mass is 410 g/mol. The minimum absolute atomic E-state index is 0.0257. The maximum absolute atomic E-state index is 13.2. The highest BCUT2D eigenvalue weighted by atomic mass is 16.5. The van der Waals surface area contributed by atoms with Crippen molar-refractivity contribution in [2.75, 3.05) is 27.3 Å². The summed E-state index contributed by atoms with van der Waals surface area (Å²) in [5, 5.41) is 3.05. The zero-order valence-corrected chi connectivity index (χ0v) is 18.2. The van der Waals surface area contributed by atoms with Gasteiger partial charge in [0.25, 0.3) is 5.91 Å². The number of methoxy groups -OCH3 is 2. The molecule has 160 valence electrons. The molecule has 1 fully saturated rings. The Morgan fingerprint density at radius 3 is 2.50 bits per heavy atom. The van der Waals surface area contributed by atoms with Gasteiger partial charge in [-0.15, -0.1) is 0 Å². The molecule has 2 aromatic carbocycles. The third-order valence-electron chi connectivity index (χ3n) is 5.74. The topological polar surface area (TPSA) is 67.9 Å². The highest BCUT2D eigenvalue weighted by molar-refractivity contribution is 5.97. The second kappa shape index (κ2) is 9.20. The van der Waals surface area contributed by atoms with Gasteiger partial charge >= 0.3 is 0 Å². The molecular formula is C24H30N2O4. The molecule has 0 unspecified atom stereocenters. The van der Waals surface area contributed by atoms with Gasteiger partial charge in [0.05, 0.1) is 25.2 Å². The summed E-state index contributed by atoms with van der Waals surface area (Å²) in [6.07, 6.45) is 1.52. The number of carbonyl (C=O) groups excluding carboxylic acids is 2. The van der Waals surface area contributed by atoms with Crippen LogP contribution >= 0.6 is 0 Å². The lowest BCUT2D eigenvalue weighted by molar-refractivity contribution is -0.132. The number of nitrogens with zero attached hydrogens (tertiary/aromatic N) is 1. The molecule has 1 aliphatic rings. The molecule has 30 heavy (non-hydrogen) atoms. The molecule has 0 aromatic heterocycles. The number of hydrogen-bond donors (Lipinski definition) is 1. The summed E-state index contributed by atoms with van der Waals surface area (Å²) in [5.74, 6) is 0.937. The smallest absolute Gasteiger partial charge is 0.257 e. The molecule has 0 bridgehead atoms. The Hall–Kier alpha value is -3.02. The quantitative estimate of drug-likeness (QED) is 0.791. The van der Waals surface area contributed by atoms with Gasteiger partial charge in [0.15, 0.2) is 0 Å². The van der Waals surface area contributed by atoms with Crippen molar-refractivity contribution in [3.05, 3.63) is 59.2 Å². The van der Waals surface area contributed by atoms with E-state index in [4.69, 9.17) is 9.47 Å². The lowest BCUT2D eigenvalue weighted by atomic mass is 9.80. The van der Waals surface area contributed by atoms with Crippen LogP contribution in [0.4, 0.5) is 0 Å². The molecule has 6 heteroatoms. The summed E-state index contributed by atoms with van der Waals surface area (Å²) in [5.41, 5.74) is 2.09. The van der Waals surface area contributed by atoms with Gasteiger partial charge in [0, 0.05) is 25.7 Å². The predicted octanol–water partition coefficient (Wildman–Crippen LogP) is 3.57. The average Bonchev–Trinajstić information content (AvgIpc) is 2.77. The Balaban J connectivity index is 1.69. The summed E-state index contributed by atoms with van der Waals surface area (Å²) < 4.78 is 10.6. The normalized spacial score (nSPS) is 18.6. The van der Waals surface area contributed by atoms with Gasteiger partial charge in [0.1, 0.15) is 11.5 Å². The SMILES string of the molecule is COc1ccc(C(=O)N2CCC[C@@](C)(C(=O)NCc3ccc(C)cc3)C2)c(OC)c1. The summed E-state index contributed by atoms with van der Waals surface area (Å²) in [4.78, 5) is 27.9. The van der Waals surface area contributed by atoms with Crippen LogP contribution in [-0.4, -0.2) is 44.0 Å². The molecule has 6 nitrogen and oxygen atoms in total. The lowest BCUT2D eigenvalue weighted by Crippen LogP contribution is -2.51. The number of aryl methyl sites for hydroxylation is 1. The van der Waals surface area contributed by atoms with Crippen molar-refractivity contribution < 1.29 is 19.1 Å². The number of carbonyl (C=O) groups is 2. The number of hydrogen-bond acceptors (Lipinski definition) is 4. The van der Waals surface area contributed by atoms with E-state index in [1.54, 1.807) is 30.2 Å². The first-order chi connectivity index (χ1) is 14.4. The van der Waals surface area contributed by atoms with Crippen molar-refractivity contribution in [1.82, 2.24) is 10.2 Å². The minimum atomic E-state index is -0.627. The van der Waals surface area contributed by atoms with Gasteiger partial charge in [-0.3, -0.25) is 9.59 Å². The fourth-order valence-corrected chi connectivity index (χ4v) is 3.85. The molecule has 0 aliphatic carbocycles. The zero-order chi connectivity index (χ0) is 21.7. The maximum Gasteiger partial charge on any atom is 0.257 e. The van der Waals surface area contributed by atoms with Gasteiger partial charge in [-0.1, -0.05) is 29.8 Å². The number of benzene rings is 2. The first-order valence-electron chi connectivity index (χ1n) is 10.2. The van der Waals surface area contributed by atoms with Gasteiger partial charge in [-0.05, 0) is 44.4 Å². The van der Waals surface area contributed by atoms with Crippen molar-refractivity contribution in [3.8, 4) is 11.5 Å². The molecule has 1 atom stereocenters. The Bertz CT molecular complexity index is 910. The molecule has 2 amide bonds.